The molecular weight excluding hydrogens is 431 g/mol. The van der Waals surface area contributed by atoms with Crippen LogP contribution >= 0.6 is 11.3 Å². The van der Waals surface area contributed by atoms with Crippen molar-refractivity contribution in [2.24, 2.45) is 0 Å². The molecule has 2 heterocycles. The van der Waals surface area contributed by atoms with Gasteiger partial charge in [-0.1, -0.05) is 0 Å². The molecule has 0 aliphatic heterocycles. The van der Waals surface area contributed by atoms with Gasteiger partial charge in [-0.3, -0.25) is 4.79 Å². The average molecular weight is 451 g/mol. The molecule has 0 spiro atoms. The number of nitrogens with zero attached hydrogens (tertiary/aromatic N) is 2. The van der Waals surface area contributed by atoms with Crippen molar-refractivity contribution in [3.8, 4) is 27.7 Å². The van der Waals surface area contributed by atoms with Crippen molar-refractivity contribution in [1.29, 1.82) is 0 Å². The predicted octanol–water partition coefficient (Wildman–Crippen LogP) is 4.58. The van der Waals surface area contributed by atoms with E-state index in [-0.39, 0.29) is 18.0 Å². The minimum atomic E-state index is -4.79. The summed E-state index contributed by atoms with van der Waals surface area (Å²) in [6.45, 7) is 5.02. The summed E-state index contributed by atoms with van der Waals surface area (Å²) in [6.07, 6.45) is -4.79. The fourth-order valence-corrected chi connectivity index (χ4v) is 3.49. The van der Waals surface area contributed by atoms with Crippen LogP contribution in [0, 0.1) is 6.92 Å². The second-order valence-electron chi connectivity index (χ2n) is 7.46. The monoisotopic (exact) mass is 451 g/mol. The Labute approximate surface area is 180 Å². The van der Waals surface area contributed by atoms with E-state index in [0.717, 1.165) is 10.4 Å². The van der Waals surface area contributed by atoms with Gasteiger partial charge in [0.25, 0.3) is 5.91 Å². The largest absolute Gasteiger partial charge is 0.573 e. The van der Waals surface area contributed by atoms with Crippen LogP contribution in [0.3, 0.4) is 0 Å². The number of carbonyl (C=O) groups is 1. The second-order valence-corrected chi connectivity index (χ2v) is 8.38. The lowest BCUT2D eigenvalue weighted by molar-refractivity contribution is -0.274. The second kappa shape index (κ2) is 8.64. The zero-order valence-corrected chi connectivity index (χ0v) is 17.8. The lowest BCUT2D eigenvalue weighted by Gasteiger charge is -2.17. The summed E-state index contributed by atoms with van der Waals surface area (Å²) < 4.78 is 41.1. The predicted molar refractivity (Wildman–Crippen MR) is 111 cm³/mol. The van der Waals surface area contributed by atoms with E-state index < -0.39 is 17.9 Å². The van der Waals surface area contributed by atoms with E-state index in [0.29, 0.717) is 17.1 Å². The van der Waals surface area contributed by atoms with Crippen LogP contribution in [0.4, 0.5) is 13.2 Å². The van der Waals surface area contributed by atoms with E-state index in [4.69, 9.17) is 0 Å². The van der Waals surface area contributed by atoms with Crippen LogP contribution in [0.25, 0.3) is 22.0 Å². The molecule has 0 fully saturated rings. The first-order valence-electron chi connectivity index (χ1n) is 9.22. The van der Waals surface area contributed by atoms with Crippen LogP contribution in [0.1, 0.15) is 29.9 Å². The zero-order chi connectivity index (χ0) is 22.8. The molecule has 0 aliphatic rings. The number of thiophene rings is 1. The molecular formula is C21H20F3N3O3S. The molecule has 1 aromatic carbocycles. The smallest absolute Gasteiger partial charge is 0.406 e. The number of aliphatic hydroxyl groups is 1. The Morgan fingerprint density at radius 2 is 1.84 bits per heavy atom. The Hall–Kier alpha value is -2.98. The van der Waals surface area contributed by atoms with Crippen LogP contribution < -0.4 is 10.1 Å². The van der Waals surface area contributed by atoms with Gasteiger partial charge in [-0.15, -0.1) is 24.5 Å². The highest BCUT2D eigenvalue weighted by molar-refractivity contribution is 7.13. The van der Waals surface area contributed by atoms with Crippen molar-refractivity contribution in [2.45, 2.75) is 32.7 Å². The number of hydrogen-bond acceptors (Lipinski definition) is 6. The minimum Gasteiger partial charge on any atom is -0.406 e. The molecule has 0 saturated carbocycles. The van der Waals surface area contributed by atoms with E-state index in [9.17, 15) is 23.1 Å². The van der Waals surface area contributed by atoms with Crippen LogP contribution in [0.2, 0.25) is 0 Å². The van der Waals surface area contributed by atoms with Gasteiger partial charge < -0.3 is 15.2 Å². The molecule has 0 aliphatic carbocycles. The maximum absolute atomic E-state index is 12.6. The number of aryl methyl sites for hydroxylation is 1. The van der Waals surface area contributed by atoms with Gasteiger partial charge in [-0.25, -0.2) is 9.97 Å². The van der Waals surface area contributed by atoms with Crippen LogP contribution in [0.5, 0.6) is 5.75 Å². The molecule has 164 valence electrons. The van der Waals surface area contributed by atoms with E-state index in [2.05, 4.69) is 20.0 Å². The van der Waals surface area contributed by atoms with Crippen molar-refractivity contribution >= 4 is 17.2 Å². The number of rotatable bonds is 6. The number of amides is 1. The molecule has 1 amide bonds. The number of benzene rings is 1. The lowest BCUT2D eigenvalue weighted by atomic mass is 10.1. The molecule has 6 nitrogen and oxygen atoms in total. The summed E-state index contributed by atoms with van der Waals surface area (Å²) in [5, 5.41) is 14.3. The minimum absolute atomic E-state index is 0.0159. The number of aromatic nitrogens is 2. The van der Waals surface area contributed by atoms with E-state index in [1.165, 1.54) is 41.7 Å². The van der Waals surface area contributed by atoms with E-state index in [1.54, 1.807) is 13.8 Å². The SMILES string of the molecule is Cc1ccsc1-c1nc(C(=O)NCC(C)(C)O)cc(-c2ccc(OC(F)(F)F)cc2)n1. The summed E-state index contributed by atoms with van der Waals surface area (Å²) in [5.74, 6) is -0.532. The summed E-state index contributed by atoms with van der Waals surface area (Å²) in [7, 11) is 0. The Bertz CT molecular complexity index is 1070. The topological polar surface area (TPSA) is 84.3 Å². The van der Waals surface area contributed by atoms with Gasteiger partial charge in [-0.2, -0.15) is 0 Å². The fourth-order valence-electron chi connectivity index (χ4n) is 2.63. The van der Waals surface area contributed by atoms with Gasteiger partial charge in [0, 0.05) is 12.1 Å². The van der Waals surface area contributed by atoms with Crippen LogP contribution in [-0.2, 0) is 0 Å². The Morgan fingerprint density at radius 3 is 2.39 bits per heavy atom. The number of hydrogen-bond donors (Lipinski definition) is 2. The summed E-state index contributed by atoms with van der Waals surface area (Å²) >= 11 is 1.41. The van der Waals surface area contributed by atoms with Gasteiger partial charge in [0.15, 0.2) is 5.82 Å². The third kappa shape index (κ3) is 6.25. The molecule has 3 rings (SSSR count). The molecule has 2 aromatic heterocycles. The Kier molecular flexibility index (Phi) is 6.33. The molecule has 10 heteroatoms. The highest BCUT2D eigenvalue weighted by atomic mass is 32.1. The van der Waals surface area contributed by atoms with Crippen molar-refractivity contribution in [1.82, 2.24) is 15.3 Å². The Balaban J connectivity index is 1.99. The van der Waals surface area contributed by atoms with Crippen molar-refractivity contribution in [2.75, 3.05) is 6.54 Å². The van der Waals surface area contributed by atoms with Gasteiger partial charge >= 0.3 is 6.36 Å². The van der Waals surface area contributed by atoms with Crippen LogP contribution in [-0.4, -0.2) is 39.5 Å². The van der Waals surface area contributed by atoms with Gasteiger partial charge in [0.05, 0.1) is 16.2 Å². The number of nitrogens with one attached hydrogen (secondary N) is 1. The van der Waals surface area contributed by atoms with Crippen molar-refractivity contribution in [3.63, 3.8) is 0 Å². The van der Waals surface area contributed by atoms with Crippen molar-refractivity contribution < 1.29 is 27.8 Å². The first-order chi connectivity index (χ1) is 14.4. The number of alkyl halides is 3. The van der Waals surface area contributed by atoms with Crippen molar-refractivity contribution in [3.05, 3.63) is 53.0 Å². The maximum atomic E-state index is 12.6. The lowest BCUT2D eigenvalue weighted by Crippen LogP contribution is -2.38. The molecule has 0 radical (unpaired) electrons. The molecule has 31 heavy (non-hydrogen) atoms. The molecule has 3 aromatic rings. The number of carbonyl (C=O) groups excluding carboxylic acids is 1. The molecule has 0 saturated heterocycles. The fraction of sp³-hybridized carbons (Fsp3) is 0.286. The average Bonchev–Trinajstić information content (AvgIpc) is 3.10. The summed E-state index contributed by atoms with van der Waals surface area (Å²) in [5.41, 5.74) is 0.757. The maximum Gasteiger partial charge on any atom is 0.573 e. The third-order valence-corrected chi connectivity index (χ3v) is 5.10. The molecule has 0 unspecified atom stereocenters. The van der Waals surface area contributed by atoms with Gasteiger partial charge in [0.2, 0.25) is 0 Å². The standard InChI is InChI=1S/C21H20F3N3O3S/c1-12-8-9-31-17(12)18-26-15(10-16(27-18)19(28)25-11-20(2,3)29)13-4-6-14(7-5-13)30-21(22,23)24/h4-10,29H,11H2,1-3H3,(H,25,28). The zero-order valence-electron chi connectivity index (χ0n) is 16.9. The first-order valence-corrected chi connectivity index (χ1v) is 10.1. The first kappa shape index (κ1) is 22.7. The van der Waals surface area contributed by atoms with Gasteiger partial charge in [0.1, 0.15) is 11.4 Å². The molecule has 0 atom stereocenters. The third-order valence-electron chi connectivity index (χ3n) is 4.09. The Morgan fingerprint density at radius 1 is 1.16 bits per heavy atom. The quantitative estimate of drug-likeness (QED) is 0.573. The normalized spacial score (nSPS) is 12.0. The van der Waals surface area contributed by atoms with Gasteiger partial charge in [-0.05, 0) is 68.1 Å². The number of halogens is 3. The highest BCUT2D eigenvalue weighted by Gasteiger charge is 2.31. The van der Waals surface area contributed by atoms with E-state index in [1.807, 2.05) is 18.4 Å². The molecule has 0 bridgehead atoms. The van der Waals surface area contributed by atoms with Crippen LogP contribution in [0.15, 0.2) is 41.8 Å². The number of ether oxygens (including phenoxy) is 1. The highest BCUT2D eigenvalue weighted by Crippen LogP contribution is 2.30. The summed E-state index contributed by atoms with van der Waals surface area (Å²) in [4.78, 5) is 22.3. The van der Waals surface area contributed by atoms with E-state index >= 15 is 0 Å². The molecule has 2 N–H and O–H groups in total. The summed E-state index contributed by atoms with van der Waals surface area (Å²) in [6, 6.07) is 8.54.